The number of fused-ring (bicyclic) bond motifs is 3. The van der Waals surface area contributed by atoms with Crippen LogP contribution < -0.4 is 9.64 Å². The van der Waals surface area contributed by atoms with Crippen LogP contribution in [0.25, 0.3) is 21.7 Å². The second-order valence-corrected chi connectivity index (χ2v) is 8.15. The molecule has 3 aromatic carbocycles. The molecule has 1 aliphatic rings. The first-order chi connectivity index (χ1) is 15.9. The number of piperazine rings is 1. The summed E-state index contributed by atoms with van der Waals surface area (Å²) in [4.78, 5) is 28.9. The summed E-state index contributed by atoms with van der Waals surface area (Å²) in [5.41, 5.74) is 1.60. The molecule has 0 spiro atoms. The molecule has 0 bridgehead atoms. The number of halogens is 1. The first kappa shape index (κ1) is 21.0. The monoisotopic (exact) mass is 446 g/mol. The van der Waals surface area contributed by atoms with E-state index in [0.717, 1.165) is 10.8 Å². The molecule has 1 aliphatic heterocycles. The number of ether oxygens (including phenoxy) is 1. The number of nitrogens with zero attached hydrogens (tertiary/aromatic N) is 2. The van der Waals surface area contributed by atoms with Gasteiger partial charge in [0.15, 0.2) is 0 Å². The van der Waals surface area contributed by atoms with Gasteiger partial charge in [-0.2, -0.15) is 0 Å². The fraction of sp³-hybridized carbons (Fsp3) is 0.231. The Bertz CT molecular complexity index is 1390. The van der Waals surface area contributed by atoms with Crippen LogP contribution in [0.5, 0.6) is 5.75 Å². The van der Waals surface area contributed by atoms with E-state index in [2.05, 4.69) is 0 Å². The highest BCUT2D eigenvalue weighted by atomic mass is 19.1. The van der Waals surface area contributed by atoms with Crippen molar-refractivity contribution in [3.63, 3.8) is 0 Å². The maximum absolute atomic E-state index is 14.2. The third-order valence-electron chi connectivity index (χ3n) is 6.06. The molecule has 7 heteroatoms. The quantitative estimate of drug-likeness (QED) is 0.330. The summed E-state index contributed by atoms with van der Waals surface area (Å²) in [5, 5.41) is 2.13. The van der Waals surface area contributed by atoms with Crippen LogP contribution in [0.2, 0.25) is 0 Å². The van der Waals surface area contributed by atoms with Gasteiger partial charge in [0.05, 0.1) is 11.3 Å². The molecule has 1 aromatic heterocycles. The Kier molecular flexibility index (Phi) is 5.24. The van der Waals surface area contributed by atoms with Crippen LogP contribution in [-0.4, -0.2) is 43.0 Å². The molecule has 0 radical (unpaired) electrons. The Morgan fingerprint density at radius 1 is 0.939 bits per heavy atom. The lowest BCUT2D eigenvalue weighted by molar-refractivity contribution is -0.131. The van der Waals surface area contributed by atoms with Gasteiger partial charge in [-0.3, -0.25) is 9.59 Å². The Morgan fingerprint density at radius 3 is 2.30 bits per heavy atom. The zero-order valence-corrected chi connectivity index (χ0v) is 18.4. The summed E-state index contributed by atoms with van der Waals surface area (Å²) < 4.78 is 25.7. The number of hydrogen-bond donors (Lipinski definition) is 0. The smallest absolute Gasteiger partial charge is 0.308 e. The largest absolute Gasteiger partial charge is 0.460 e. The molecule has 6 nitrogen and oxygen atoms in total. The number of benzene rings is 3. The summed E-state index contributed by atoms with van der Waals surface area (Å²) in [6.07, 6.45) is 0. The third kappa shape index (κ3) is 3.69. The standard InChI is InChI=1S/C26H23FN2O4/c1-16-24(26(31)29-13-11-28(12-14-29)22-10-6-5-9-21(22)27)20-15-23(33-17(2)30)18-7-3-4-8-19(18)25(20)32-16/h3-10,15H,11-14H2,1-2H3. The Hall–Kier alpha value is -3.87. The lowest BCUT2D eigenvalue weighted by Crippen LogP contribution is -2.49. The normalized spacial score (nSPS) is 14.2. The van der Waals surface area contributed by atoms with Gasteiger partial charge in [-0.05, 0) is 25.1 Å². The van der Waals surface area contributed by atoms with Crippen molar-refractivity contribution >= 4 is 39.3 Å². The molecular formula is C26H23FN2O4. The van der Waals surface area contributed by atoms with Gasteiger partial charge in [-0.25, -0.2) is 4.39 Å². The number of aryl methyl sites for hydroxylation is 1. The van der Waals surface area contributed by atoms with Crippen molar-refractivity contribution in [1.29, 1.82) is 0 Å². The average Bonchev–Trinajstić information content (AvgIpc) is 3.15. The molecule has 0 N–H and O–H groups in total. The minimum absolute atomic E-state index is 0.150. The van der Waals surface area contributed by atoms with Crippen LogP contribution in [0, 0.1) is 12.7 Å². The number of anilines is 1. The molecule has 5 rings (SSSR count). The van der Waals surface area contributed by atoms with Gasteiger partial charge in [-0.15, -0.1) is 0 Å². The van der Waals surface area contributed by atoms with Crippen molar-refractivity contribution in [3.8, 4) is 5.75 Å². The van der Waals surface area contributed by atoms with Crippen molar-refractivity contribution in [2.75, 3.05) is 31.1 Å². The van der Waals surface area contributed by atoms with Crippen molar-refractivity contribution in [3.05, 3.63) is 71.7 Å². The number of para-hydroxylation sites is 1. The van der Waals surface area contributed by atoms with Crippen molar-refractivity contribution < 1.29 is 23.1 Å². The summed E-state index contributed by atoms with van der Waals surface area (Å²) in [5.74, 6) is 0.0562. The van der Waals surface area contributed by atoms with Crippen molar-refractivity contribution in [1.82, 2.24) is 4.90 Å². The Labute approximate surface area is 190 Å². The zero-order valence-electron chi connectivity index (χ0n) is 18.4. The SMILES string of the molecule is CC(=O)Oc1cc2c(C(=O)N3CCN(c4ccccc4F)CC3)c(C)oc2c2ccccc12. The van der Waals surface area contributed by atoms with Crippen LogP contribution in [0.1, 0.15) is 23.0 Å². The maximum atomic E-state index is 14.2. The molecule has 1 fully saturated rings. The number of furan rings is 1. The van der Waals surface area contributed by atoms with E-state index in [9.17, 15) is 14.0 Å². The van der Waals surface area contributed by atoms with Crippen LogP contribution in [0.4, 0.5) is 10.1 Å². The van der Waals surface area contributed by atoms with Gasteiger partial charge >= 0.3 is 5.97 Å². The van der Waals surface area contributed by atoms with E-state index in [1.807, 2.05) is 35.2 Å². The molecular weight excluding hydrogens is 423 g/mol. The minimum atomic E-state index is -0.433. The van der Waals surface area contributed by atoms with E-state index in [4.69, 9.17) is 9.15 Å². The first-order valence-corrected chi connectivity index (χ1v) is 10.9. The minimum Gasteiger partial charge on any atom is -0.460 e. The summed E-state index contributed by atoms with van der Waals surface area (Å²) >= 11 is 0. The number of hydrogen-bond acceptors (Lipinski definition) is 5. The topological polar surface area (TPSA) is 63.0 Å². The Morgan fingerprint density at radius 2 is 1.61 bits per heavy atom. The van der Waals surface area contributed by atoms with Gasteiger partial charge < -0.3 is 19.0 Å². The number of carbonyl (C=O) groups is 2. The fourth-order valence-corrected chi connectivity index (χ4v) is 4.53. The lowest BCUT2D eigenvalue weighted by Gasteiger charge is -2.36. The highest BCUT2D eigenvalue weighted by molar-refractivity contribution is 6.16. The molecule has 33 heavy (non-hydrogen) atoms. The maximum Gasteiger partial charge on any atom is 0.308 e. The molecule has 2 heterocycles. The molecule has 1 saturated heterocycles. The molecule has 0 unspecified atom stereocenters. The molecule has 1 amide bonds. The second-order valence-electron chi connectivity index (χ2n) is 8.15. The number of carbonyl (C=O) groups excluding carboxylic acids is 2. The summed E-state index contributed by atoms with van der Waals surface area (Å²) in [6, 6.07) is 15.8. The van der Waals surface area contributed by atoms with E-state index in [0.29, 0.717) is 59.9 Å². The predicted molar refractivity (Wildman–Crippen MR) is 124 cm³/mol. The van der Waals surface area contributed by atoms with Gasteiger partial charge in [0.2, 0.25) is 0 Å². The van der Waals surface area contributed by atoms with E-state index in [1.165, 1.54) is 13.0 Å². The van der Waals surface area contributed by atoms with Gasteiger partial charge in [0, 0.05) is 49.3 Å². The van der Waals surface area contributed by atoms with E-state index in [1.54, 1.807) is 30.0 Å². The van der Waals surface area contributed by atoms with Crippen LogP contribution in [-0.2, 0) is 4.79 Å². The van der Waals surface area contributed by atoms with Crippen LogP contribution in [0.15, 0.2) is 59.0 Å². The van der Waals surface area contributed by atoms with E-state index < -0.39 is 5.97 Å². The van der Waals surface area contributed by atoms with E-state index >= 15 is 0 Å². The predicted octanol–water partition coefficient (Wildman–Crippen LogP) is 4.92. The van der Waals surface area contributed by atoms with E-state index in [-0.39, 0.29) is 11.7 Å². The number of amides is 1. The van der Waals surface area contributed by atoms with Gasteiger partial charge in [0.1, 0.15) is 22.9 Å². The van der Waals surface area contributed by atoms with Gasteiger partial charge in [0.25, 0.3) is 5.91 Å². The molecule has 0 aliphatic carbocycles. The van der Waals surface area contributed by atoms with Gasteiger partial charge in [-0.1, -0.05) is 36.4 Å². The fourth-order valence-electron chi connectivity index (χ4n) is 4.53. The average molecular weight is 446 g/mol. The summed E-state index contributed by atoms with van der Waals surface area (Å²) in [6.45, 7) is 5.10. The van der Waals surface area contributed by atoms with Crippen molar-refractivity contribution in [2.24, 2.45) is 0 Å². The molecule has 0 atom stereocenters. The second kappa shape index (κ2) is 8.24. The highest BCUT2D eigenvalue weighted by Crippen LogP contribution is 2.38. The first-order valence-electron chi connectivity index (χ1n) is 10.9. The number of rotatable bonds is 3. The molecule has 0 saturated carbocycles. The summed E-state index contributed by atoms with van der Waals surface area (Å²) in [7, 11) is 0. The zero-order chi connectivity index (χ0) is 23.1. The van der Waals surface area contributed by atoms with Crippen molar-refractivity contribution in [2.45, 2.75) is 13.8 Å². The molecule has 4 aromatic rings. The highest BCUT2D eigenvalue weighted by Gasteiger charge is 2.28. The van der Waals surface area contributed by atoms with Crippen LogP contribution >= 0.6 is 0 Å². The molecule has 168 valence electrons. The third-order valence-corrected chi connectivity index (χ3v) is 6.06. The Balaban J connectivity index is 1.49. The number of esters is 1. The lowest BCUT2D eigenvalue weighted by atomic mass is 10.0. The van der Waals surface area contributed by atoms with Crippen LogP contribution in [0.3, 0.4) is 0 Å².